The van der Waals surface area contributed by atoms with Crippen LogP contribution in [-0.2, 0) is 32.7 Å². The number of phosphoric ester groups is 1. The highest BCUT2D eigenvalue weighted by Gasteiger charge is 2.27. The molecule has 0 fully saturated rings. The topological polar surface area (TPSA) is 108 Å². The second-order valence-corrected chi connectivity index (χ2v) is 23.5. The summed E-state index contributed by atoms with van der Waals surface area (Å²) in [6.07, 6.45) is 107. The van der Waals surface area contributed by atoms with Crippen molar-refractivity contribution in [2.45, 2.75) is 200 Å². The molecule has 0 rings (SSSR count). The van der Waals surface area contributed by atoms with Crippen molar-refractivity contribution in [1.82, 2.24) is 0 Å². The van der Waals surface area contributed by atoms with E-state index in [1.807, 2.05) is 21.1 Å². The van der Waals surface area contributed by atoms with Gasteiger partial charge in [0.15, 0.2) is 6.10 Å². The lowest BCUT2D eigenvalue weighted by Gasteiger charge is -2.24. The fraction of sp³-hybridized carbons (Fsp3) is 0.487. The Balaban J connectivity index is 4.34. The van der Waals surface area contributed by atoms with Crippen LogP contribution >= 0.6 is 7.82 Å². The second-order valence-electron chi connectivity index (χ2n) is 22.0. The molecule has 0 aliphatic rings. The average molecular weight is 1230 g/mol. The van der Waals surface area contributed by atoms with Gasteiger partial charge in [-0.3, -0.25) is 18.6 Å². The molecule has 0 aromatic heterocycles. The predicted molar refractivity (Wildman–Crippen MR) is 380 cm³/mol. The standard InChI is InChI=1S/C78H118NO8P/c1-6-8-10-12-14-16-18-20-22-24-26-28-30-32-34-35-36-37-38-39-40-41-42-43-45-47-49-51-53-55-57-59-61-63-65-67-69-71-78(81)87-76(75-86-88(82,83)85-73-72-79(3,4)5)74-84-77(80)70-68-66-64-62-60-58-56-54-52-50-48-46-44-33-31-29-27-25-23-21-19-17-15-13-11-9-7-2/h8-11,14-17,20-23,26-29,32-34,36-37,39-40,42-44,47-50,53-56,59-62,76H,6-7,12-13,18-19,24-25,30-31,35,38,41,45-46,51-52,57-58,63-75H2,1-5H3/p+1/b10-8-,11-9-,16-14-,17-15-,22-20-,23-21-,28-26-,29-27-,34-32-,37-36-,40-39-,43-42-,44-33-,49-47-,50-48-,55-53-,56-54-,61-59-,62-60-. The molecule has 0 aliphatic carbocycles. The number of unbranched alkanes of at least 4 members (excludes halogenated alkanes) is 5. The van der Waals surface area contributed by atoms with Gasteiger partial charge in [0.1, 0.15) is 19.8 Å². The number of quaternary nitrogens is 1. The molecular weight excluding hydrogens is 1110 g/mol. The fourth-order valence-electron chi connectivity index (χ4n) is 7.68. The van der Waals surface area contributed by atoms with Crippen molar-refractivity contribution in [3.05, 3.63) is 231 Å². The maximum Gasteiger partial charge on any atom is 0.472 e. The van der Waals surface area contributed by atoms with Crippen molar-refractivity contribution in [1.29, 1.82) is 0 Å². The number of ether oxygens (including phenoxy) is 2. The maximum atomic E-state index is 12.8. The van der Waals surface area contributed by atoms with Gasteiger partial charge in [0.25, 0.3) is 0 Å². The first-order chi connectivity index (χ1) is 43.0. The van der Waals surface area contributed by atoms with Crippen LogP contribution in [0.15, 0.2) is 231 Å². The fourth-order valence-corrected chi connectivity index (χ4v) is 8.42. The number of hydrogen-bond acceptors (Lipinski definition) is 7. The number of phosphoric acid groups is 1. The Hall–Kier alpha value is -5.93. The van der Waals surface area contributed by atoms with Crippen LogP contribution in [0.25, 0.3) is 0 Å². The quantitative estimate of drug-likeness (QED) is 0.0211. The zero-order valence-electron chi connectivity index (χ0n) is 55.3. The Morgan fingerprint density at radius 2 is 0.614 bits per heavy atom. The molecular formula is C78H119NO8P+. The third-order valence-electron chi connectivity index (χ3n) is 12.7. The highest BCUT2D eigenvalue weighted by Crippen LogP contribution is 2.43. The van der Waals surface area contributed by atoms with Crippen LogP contribution in [0.1, 0.15) is 194 Å². The van der Waals surface area contributed by atoms with Gasteiger partial charge < -0.3 is 18.9 Å². The molecule has 0 saturated carbocycles. The minimum Gasteiger partial charge on any atom is -0.462 e. The summed E-state index contributed by atoms with van der Waals surface area (Å²) in [7, 11) is 1.39. The number of likely N-dealkylation sites (N-methyl/N-ethyl adjacent to an activating group) is 1. The van der Waals surface area contributed by atoms with Gasteiger partial charge in [-0.15, -0.1) is 0 Å². The van der Waals surface area contributed by atoms with Gasteiger partial charge in [0.05, 0.1) is 27.7 Å². The number of esters is 2. The SMILES string of the molecule is CC/C=C\C/C=C\C/C=C\C/C=C\C/C=C\C/C=C\C/C=C\C/C=C\C/C=C\C/C=C\C/C=C\CCCCCC(=O)OC(COC(=O)CCCC/C=C\C/C=C\C/C=C\C/C=C\C/C=C\C/C=C\C/C=C\C/C=C\CC)COP(=O)(O)OCC[N+](C)(C)C. The first kappa shape index (κ1) is 82.1. The summed E-state index contributed by atoms with van der Waals surface area (Å²) in [5.74, 6) is -0.911. The lowest BCUT2D eigenvalue weighted by atomic mass is 10.1. The van der Waals surface area contributed by atoms with E-state index in [-0.39, 0.29) is 26.1 Å². The van der Waals surface area contributed by atoms with Crippen molar-refractivity contribution in [2.75, 3.05) is 47.5 Å². The van der Waals surface area contributed by atoms with Crippen LogP contribution < -0.4 is 0 Å². The van der Waals surface area contributed by atoms with E-state index in [4.69, 9.17) is 18.5 Å². The molecule has 2 atom stereocenters. The van der Waals surface area contributed by atoms with Crippen molar-refractivity contribution < 1.29 is 42.1 Å². The van der Waals surface area contributed by atoms with E-state index >= 15 is 0 Å². The normalized spacial score (nSPS) is 14.7. The summed E-state index contributed by atoms with van der Waals surface area (Å²) in [6, 6.07) is 0. The van der Waals surface area contributed by atoms with E-state index in [0.29, 0.717) is 23.9 Å². The Morgan fingerprint density at radius 1 is 0.352 bits per heavy atom. The number of rotatable bonds is 57. The number of nitrogens with zero attached hydrogens (tertiary/aromatic N) is 1. The zero-order chi connectivity index (χ0) is 64.1. The molecule has 0 aliphatic heterocycles. The van der Waals surface area contributed by atoms with Gasteiger partial charge in [-0.25, -0.2) is 4.57 Å². The molecule has 0 aromatic rings. The van der Waals surface area contributed by atoms with E-state index in [9.17, 15) is 19.0 Å². The minimum atomic E-state index is -4.43. The van der Waals surface area contributed by atoms with Crippen molar-refractivity contribution >= 4 is 19.8 Å². The van der Waals surface area contributed by atoms with Gasteiger partial charge in [-0.05, 0) is 161 Å². The molecule has 0 heterocycles. The molecule has 88 heavy (non-hydrogen) atoms. The molecule has 0 radical (unpaired) electrons. The van der Waals surface area contributed by atoms with E-state index in [1.54, 1.807) is 0 Å². The lowest BCUT2D eigenvalue weighted by molar-refractivity contribution is -0.870. The molecule has 0 amide bonds. The molecule has 10 heteroatoms. The van der Waals surface area contributed by atoms with Gasteiger partial charge in [-0.1, -0.05) is 251 Å². The van der Waals surface area contributed by atoms with Gasteiger partial charge in [0.2, 0.25) is 0 Å². The largest absolute Gasteiger partial charge is 0.472 e. The molecule has 1 N–H and O–H groups in total. The molecule has 9 nitrogen and oxygen atoms in total. The molecule has 0 aromatic carbocycles. The molecule has 2 unspecified atom stereocenters. The third kappa shape index (κ3) is 69.2. The summed E-state index contributed by atoms with van der Waals surface area (Å²) < 4.78 is 34.5. The lowest BCUT2D eigenvalue weighted by Crippen LogP contribution is -2.37. The molecule has 488 valence electrons. The first-order valence-electron chi connectivity index (χ1n) is 33.1. The van der Waals surface area contributed by atoms with E-state index in [2.05, 4.69) is 245 Å². The smallest absolute Gasteiger partial charge is 0.462 e. The molecule has 0 spiro atoms. The van der Waals surface area contributed by atoms with Gasteiger partial charge >= 0.3 is 19.8 Å². The number of carbonyl (C=O) groups excluding carboxylic acids is 2. The molecule has 0 bridgehead atoms. The van der Waals surface area contributed by atoms with Gasteiger partial charge in [0, 0.05) is 12.8 Å². The summed E-state index contributed by atoms with van der Waals surface area (Å²) in [4.78, 5) is 35.8. The Labute approximate surface area is 537 Å². The molecule has 0 saturated heterocycles. The van der Waals surface area contributed by atoms with Crippen molar-refractivity contribution in [3.63, 3.8) is 0 Å². The predicted octanol–water partition coefficient (Wildman–Crippen LogP) is 21.8. The van der Waals surface area contributed by atoms with Crippen LogP contribution in [0, 0.1) is 0 Å². The number of allylic oxidation sites excluding steroid dienone is 38. The average Bonchev–Trinajstić information content (AvgIpc) is 3.68. The summed E-state index contributed by atoms with van der Waals surface area (Å²) in [6.45, 7) is 4.07. The van der Waals surface area contributed by atoms with Crippen LogP contribution in [0.5, 0.6) is 0 Å². The van der Waals surface area contributed by atoms with Crippen LogP contribution in [0.2, 0.25) is 0 Å². The monoisotopic (exact) mass is 1230 g/mol. The number of hydrogen-bond donors (Lipinski definition) is 1. The highest BCUT2D eigenvalue weighted by molar-refractivity contribution is 7.47. The number of carbonyl (C=O) groups is 2. The maximum absolute atomic E-state index is 12.8. The Morgan fingerprint density at radius 3 is 0.909 bits per heavy atom. The third-order valence-corrected chi connectivity index (χ3v) is 13.7. The zero-order valence-corrected chi connectivity index (χ0v) is 56.2. The first-order valence-corrected chi connectivity index (χ1v) is 34.6. The van der Waals surface area contributed by atoms with Gasteiger partial charge in [-0.2, -0.15) is 0 Å². The second kappa shape index (κ2) is 65.5. The Kier molecular flexibility index (Phi) is 61.1. The summed E-state index contributed by atoms with van der Waals surface area (Å²) in [5.41, 5.74) is 0. The minimum absolute atomic E-state index is 0.00296. The van der Waals surface area contributed by atoms with Crippen LogP contribution in [0.3, 0.4) is 0 Å². The van der Waals surface area contributed by atoms with Crippen molar-refractivity contribution in [2.24, 2.45) is 0 Å². The summed E-state index contributed by atoms with van der Waals surface area (Å²) in [5, 5.41) is 0. The highest BCUT2D eigenvalue weighted by atomic mass is 31.2. The van der Waals surface area contributed by atoms with Crippen molar-refractivity contribution in [3.8, 4) is 0 Å². The van der Waals surface area contributed by atoms with Crippen LogP contribution in [0.4, 0.5) is 0 Å². The summed E-state index contributed by atoms with van der Waals surface area (Å²) >= 11 is 0. The van der Waals surface area contributed by atoms with E-state index in [0.717, 1.165) is 154 Å². The Bertz CT molecular complexity index is 2330. The van der Waals surface area contributed by atoms with Crippen LogP contribution in [-0.4, -0.2) is 74.9 Å². The van der Waals surface area contributed by atoms with E-state index in [1.165, 1.54) is 0 Å². The van der Waals surface area contributed by atoms with E-state index < -0.39 is 32.5 Å².